The van der Waals surface area contributed by atoms with Gasteiger partial charge < -0.3 is 221 Å². The van der Waals surface area contributed by atoms with E-state index in [0.717, 1.165) is 34.6 Å². The third-order valence-corrected chi connectivity index (χ3v) is 20.9. The zero-order valence-corrected chi connectivity index (χ0v) is 64.9. The lowest BCUT2D eigenvalue weighted by molar-refractivity contribution is -0.387. The maximum Gasteiger partial charge on any atom is 0.397 e. The Morgan fingerprint density at radius 2 is 0.783 bits per heavy atom. The fraction of sp³-hybridized carbons (Fsp3) is 0.891. The smallest absolute Gasteiger partial charge is 0.397 e. The second-order valence-corrected chi connectivity index (χ2v) is 30.3. The van der Waals surface area contributed by atoms with E-state index in [-0.39, 0.29) is 0 Å². The van der Waals surface area contributed by atoms with Gasteiger partial charge in [-0.2, -0.15) is 8.42 Å². The summed E-state index contributed by atoms with van der Waals surface area (Å²) >= 11 is 0. The Morgan fingerprint density at radius 3 is 1.17 bits per heavy atom. The van der Waals surface area contributed by atoms with Gasteiger partial charge in [0.25, 0.3) is 11.6 Å². The third-order valence-electron chi connectivity index (χ3n) is 20.4. The van der Waals surface area contributed by atoms with Crippen molar-refractivity contribution in [2.75, 3.05) is 59.5 Å². The molecule has 0 saturated carbocycles. The van der Waals surface area contributed by atoms with Crippen LogP contribution in [0.3, 0.4) is 0 Å². The van der Waals surface area contributed by atoms with Crippen LogP contribution in [0.4, 0.5) is 0 Å². The van der Waals surface area contributed by atoms with Crippen LogP contribution in [-0.2, 0) is 114 Å². The van der Waals surface area contributed by atoms with Gasteiger partial charge in [-0.15, -0.1) is 0 Å². The standard InChI is InChI=1S/C64H107N5O50S/c1-17(77)65-22(8-70)48(39(89)27(86)15-105-56-35(68-20(4)80)43(93)49(30(13-75)109-56)113-59-46(96)54(41(91)29(12-74)108-59)118-63(61(98)99)6-23(82)33(66-18(2)78)51(116-63)37(87)25(84)9-71)112-58-45(95)53(40(90)28(11-73)107-58)115-57-36(69-21(5)81)44(94)50(31(14-76)110-57)114-60-47(97)55(42(92)32(111-60)16-106-120(102,103)104)119-64(62(100)101)7-24(83)34(67-19(3)79)52(117-64)38(88)26(85)10-72/h22-60,70-76,82-97H,6-16H2,1-5H3,(H,65,77)(H,66,78)(H,67,79)(H,68,80)(H,69,81)(H,98,99)(H,100,101)(H,102,103,104)/t22-,23-,24-,25+,26+,27+,28+,29+,30+,31+,32+,33+,34+,35+,36+,37+,38+,39-,40-,41-,42-,43+,44+,45+,46+,47+,48+,49+,50+,51+,52+,53-,54-,55-,56+,57-,58-,59-,60-,63-,64-/m0/s1. The first-order valence-electron chi connectivity index (χ1n) is 36.9. The summed E-state index contributed by atoms with van der Waals surface area (Å²) in [5.41, 5.74) is 0. The molecule has 7 aliphatic heterocycles. The molecule has 7 saturated heterocycles. The minimum Gasteiger partial charge on any atom is -0.477 e. The number of nitrogens with one attached hydrogen (secondary N) is 5. The Bertz CT molecular complexity index is 3470. The second-order valence-electron chi connectivity index (χ2n) is 29.2. The van der Waals surface area contributed by atoms with Crippen LogP contribution in [0.15, 0.2) is 0 Å². The molecule has 0 radical (unpaired) electrons. The van der Waals surface area contributed by atoms with Crippen LogP contribution in [0, 0.1) is 0 Å². The maximum absolute atomic E-state index is 13.3. The normalized spacial score (nSPS) is 40.9. The van der Waals surface area contributed by atoms with Gasteiger partial charge in [0.15, 0.2) is 31.5 Å². The van der Waals surface area contributed by atoms with Crippen LogP contribution < -0.4 is 26.6 Å². The lowest BCUT2D eigenvalue weighted by Gasteiger charge is -2.51. The van der Waals surface area contributed by atoms with Crippen molar-refractivity contribution in [2.24, 2.45) is 0 Å². The molecular formula is C64H107N5O50S. The number of carbonyl (C=O) groups excluding carboxylic acids is 5. The van der Waals surface area contributed by atoms with Gasteiger partial charge in [-0.25, -0.2) is 13.8 Å². The fourth-order valence-electron chi connectivity index (χ4n) is 14.6. The van der Waals surface area contributed by atoms with Crippen molar-refractivity contribution in [1.29, 1.82) is 0 Å². The van der Waals surface area contributed by atoms with Gasteiger partial charge in [-0.05, 0) is 0 Å². The van der Waals surface area contributed by atoms with Gasteiger partial charge >= 0.3 is 22.3 Å². The number of carbonyl (C=O) groups is 7. The number of carboxylic acid groups (broad SMARTS) is 2. The molecule has 41 atom stereocenters. The van der Waals surface area contributed by atoms with E-state index in [4.69, 9.17) is 66.3 Å². The average Bonchev–Trinajstić information content (AvgIpc) is 0.793. The second kappa shape index (κ2) is 43.7. The van der Waals surface area contributed by atoms with E-state index in [1.54, 1.807) is 0 Å². The number of aliphatic hydroxyl groups is 23. The number of carboxylic acids is 2. The largest absolute Gasteiger partial charge is 0.477 e. The Kier molecular flexibility index (Phi) is 37.1. The predicted molar refractivity (Wildman–Crippen MR) is 369 cm³/mol. The highest BCUT2D eigenvalue weighted by atomic mass is 32.3. The summed E-state index contributed by atoms with van der Waals surface area (Å²) in [4.78, 5) is 89.2. The molecule has 56 heteroatoms. The molecule has 7 fully saturated rings. The van der Waals surface area contributed by atoms with E-state index in [9.17, 15) is 174 Å². The topological polar surface area (TPSA) is 878 Å². The minimum absolute atomic E-state index is 0.840. The van der Waals surface area contributed by atoms with Gasteiger partial charge in [0.1, 0.15) is 177 Å². The Labute approximate surface area is 678 Å². The molecule has 0 aromatic carbocycles. The van der Waals surface area contributed by atoms with E-state index in [1.807, 2.05) is 0 Å². The van der Waals surface area contributed by atoms with Gasteiger partial charge in [0.05, 0.1) is 89.8 Å². The summed E-state index contributed by atoms with van der Waals surface area (Å²) in [6, 6.07) is -9.52. The Hall–Kier alpha value is -5.32. The molecule has 7 heterocycles. The maximum atomic E-state index is 13.3. The van der Waals surface area contributed by atoms with Gasteiger partial charge in [0, 0.05) is 47.5 Å². The molecule has 0 aromatic rings. The molecular weight excluding hydrogens is 1670 g/mol. The fourth-order valence-corrected chi connectivity index (χ4v) is 14.9. The number of aliphatic carboxylic acids is 2. The third kappa shape index (κ3) is 24.1. The molecule has 5 amide bonds. The quantitative estimate of drug-likeness (QED) is 0.0254. The number of aliphatic hydroxyl groups excluding tert-OH is 23. The SMILES string of the molecule is CC(=O)N[C@H]1[C@H](OC[C@@H](O)[C@H](O)[C@H](O[C@@H]2O[C@H](CO)[C@H](O)[C@H](O[C@@H]3O[C@H](CO)[C@@H](O[C@@H]4O[C@H](COS(=O)(=O)O)[C@H](O)[C@H](O[C@]5(C(=O)O)C[C@H](O)[C@@H](NC(C)=O)[C@H]([C@H](O)[C@H](O)CO)O5)[C@H]4O)[C@H](O)[C@H]3NC(C)=O)[C@H]2O)[C@H](CO)NC(C)=O)O[C@H](CO)[C@@H](O[C@@H]2O[C@H](CO)[C@H](O)[C@H](O[C@]3(C(=O)O)C[C@H](O)[C@@H](NC(C)=O)[C@H]([C@H](O)[C@H](O)CO)O3)[C@H]2O)[C@@H]1O. The first-order chi connectivity index (χ1) is 56.1. The zero-order valence-electron chi connectivity index (χ0n) is 64.1. The lowest BCUT2D eigenvalue weighted by Crippen LogP contribution is -2.71. The Balaban J connectivity index is 1.11. The molecule has 7 rings (SSSR count). The lowest BCUT2D eigenvalue weighted by atomic mass is 9.88. The van der Waals surface area contributed by atoms with Crippen molar-refractivity contribution in [3.63, 3.8) is 0 Å². The number of rotatable bonds is 39. The van der Waals surface area contributed by atoms with Crippen LogP contribution >= 0.6 is 0 Å². The van der Waals surface area contributed by atoms with Crippen molar-refractivity contribution >= 4 is 51.9 Å². The van der Waals surface area contributed by atoms with Gasteiger partial charge in [0.2, 0.25) is 29.5 Å². The van der Waals surface area contributed by atoms with Crippen LogP contribution in [0.2, 0.25) is 0 Å². The summed E-state index contributed by atoms with van der Waals surface area (Å²) in [6.45, 7) is -6.92. The number of ether oxygens (including phenoxy) is 14. The summed E-state index contributed by atoms with van der Waals surface area (Å²) in [7, 11) is -5.49. The van der Waals surface area contributed by atoms with E-state index in [2.05, 4.69) is 30.8 Å². The summed E-state index contributed by atoms with van der Waals surface area (Å²) in [5.74, 6) is -15.9. The van der Waals surface area contributed by atoms with Crippen LogP contribution in [0.5, 0.6) is 0 Å². The van der Waals surface area contributed by atoms with E-state index in [1.165, 1.54) is 0 Å². The van der Waals surface area contributed by atoms with Crippen molar-refractivity contribution in [3.8, 4) is 0 Å². The summed E-state index contributed by atoms with van der Waals surface area (Å²) in [5, 5.41) is 289. The van der Waals surface area contributed by atoms with Crippen molar-refractivity contribution in [1.82, 2.24) is 26.6 Å². The Morgan fingerprint density at radius 1 is 0.425 bits per heavy atom. The average molecular weight is 1780 g/mol. The van der Waals surface area contributed by atoms with Gasteiger partial charge in [-0.1, -0.05) is 0 Å². The number of amides is 5. The molecule has 120 heavy (non-hydrogen) atoms. The molecule has 0 aromatic heterocycles. The molecule has 55 nitrogen and oxygen atoms in total. The highest BCUT2D eigenvalue weighted by Gasteiger charge is 2.64. The molecule has 7 aliphatic rings. The number of hydrogen-bond donors (Lipinski definition) is 31. The first kappa shape index (κ1) is 102. The summed E-state index contributed by atoms with van der Waals surface area (Å²) in [6.07, 6.45) is -80.5. The van der Waals surface area contributed by atoms with Crippen LogP contribution in [0.25, 0.3) is 0 Å². The molecule has 0 unspecified atom stereocenters. The molecule has 0 bridgehead atoms. The van der Waals surface area contributed by atoms with E-state index < -0.39 is 374 Å². The number of hydrogen-bond acceptors (Lipinski definition) is 47. The predicted octanol–water partition coefficient (Wildman–Crippen LogP) is -19.9. The van der Waals surface area contributed by atoms with Crippen molar-refractivity contribution in [2.45, 2.75) is 298 Å². The molecule has 31 N–H and O–H groups in total. The van der Waals surface area contributed by atoms with Crippen molar-refractivity contribution in [3.05, 3.63) is 0 Å². The monoisotopic (exact) mass is 1780 g/mol. The van der Waals surface area contributed by atoms with E-state index in [0.29, 0.717) is 0 Å². The van der Waals surface area contributed by atoms with E-state index >= 15 is 0 Å². The van der Waals surface area contributed by atoms with Crippen LogP contribution in [-0.4, -0.2) is 492 Å². The minimum atomic E-state index is -5.49. The molecule has 0 aliphatic carbocycles. The van der Waals surface area contributed by atoms with Gasteiger partial charge in [-0.3, -0.25) is 28.5 Å². The summed E-state index contributed by atoms with van der Waals surface area (Å²) < 4.78 is 118. The highest BCUT2D eigenvalue weighted by Crippen LogP contribution is 2.42. The first-order valence-corrected chi connectivity index (χ1v) is 38.3. The zero-order chi connectivity index (χ0) is 90.0. The molecule has 0 spiro atoms. The van der Waals surface area contributed by atoms with Crippen LogP contribution in [0.1, 0.15) is 47.5 Å². The van der Waals surface area contributed by atoms with Crippen molar-refractivity contribution < 1.29 is 245 Å². The highest BCUT2D eigenvalue weighted by molar-refractivity contribution is 7.80. The molecule has 694 valence electrons.